The lowest BCUT2D eigenvalue weighted by Crippen LogP contribution is -2.00. The SMILES string of the molecule is Cc1ccc(-n2c(C)nnc2SCc2ccc(F)cc2)cc1C. The minimum atomic E-state index is -0.215. The normalized spacial score (nSPS) is 11.0. The van der Waals surface area contributed by atoms with Gasteiger partial charge >= 0.3 is 0 Å². The van der Waals surface area contributed by atoms with Crippen molar-refractivity contribution in [3.8, 4) is 5.69 Å². The van der Waals surface area contributed by atoms with E-state index in [4.69, 9.17) is 0 Å². The number of aromatic nitrogens is 3. The molecule has 1 aromatic heterocycles. The molecule has 0 atom stereocenters. The second kappa shape index (κ2) is 6.54. The van der Waals surface area contributed by atoms with Gasteiger partial charge in [-0.1, -0.05) is 30.0 Å². The summed E-state index contributed by atoms with van der Waals surface area (Å²) in [4.78, 5) is 0. The molecule has 118 valence electrons. The fourth-order valence-corrected chi connectivity index (χ4v) is 3.28. The summed E-state index contributed by atoms with van der Waals surface area (Å²) in [6.07, 6.45) is 0. The fourth-order valence-electron chi connectivity index (χ4n) is 2.33. The number of halogens is 1. The van der Waals surface area contributed by atoms with Gasteiger partial charge in [0.25, 0.3) is 0 Å². The molecule has 0 saturated heterocycles. The van der Waals surface area contributed by atoms with Crippen LogP contribution in [0.3, 0.4) is 0 Å². The molecule has 0 saturated carbocycles. The summed E-state index contributed by atoms with van der Waals surface area (Å²) in [5, 5.41) is 9.32. The van der Waals surface area contributed by atoms with Gasteiger partial charge in [0.15, 0.2) is 5.16 Å². The lowest BCUT2D eigenvalue weighted by Gasteiger charge is -2.10. The molecule has 1 heterocycles. The van der Waals surface area contributed by atoms with Crippen molar-refractivity contribution >= 4 is 11.8 Å². The molecule has 0 fully saturated rings. The lowest BCUT2D eigenvalue weighted by molar-refractivity contribution is 0.627. The topological polar surface area (TPSA) is 30.7 Å². The van der Waals surface area contributed by atoms with Gasteiger partial charge in [-0.3, -0.25) is 4.57 Å². The van der Waals surface area contributed by atoms with Crippen molar-refractivity contribution in [3.05, 3.63) is 70.8 Å². The molecule has 3 rings (SSSR count). The smallest absolute Gasteiger partial charge is 0.196 e. The highest BCUT2D eigenvalue weighted by Gasteiger charge is 2.12. The molecule has 5 heteroatoms. The van der Waals surface area contributed by atoms with Crippen LogP contribution in [0.25, 0.3) is 5.69 Å². The summed E-state index contributed by atoms with van der Waals surface area (Å²) in [5.74, 6) is 1.37. The van der Waals surface area contributed by atoms with Crippen molar-refractivity contribution in [3.63, 3.8) is 0 Å². The van der Waals surface area contributed by atoms with Gasteiger partial charge in [-0.05, 0) is 61.7 Å². The minimum Gasteiger partial charge on any atom is -0.274 e. The molecule has 23 heavy (non-hydrogen) atoms. The highest BCUT2D eigenvalue weighted by molar-refractivity contribution is 7.98. The largest absolute Gasteiger partial charge is 0.274 e. The maximum atomic E-state index is 13.0. The molecular formula is C18H18FN3S. The van der Waals surface area contributed by atoms with Gasteiger partial charge in [0.2, 0.25) is 0 Å². The predicted octanol–water partition coefficient (Wildman–Crippen LogP) is 4.62. The third kappa shape index (κ3) is 3.45. The maximum absolute atomic E-state index is 13.0. The van der Waals surface area contributed by atoms with Crippen molar-refractivity contribution in [2.75, 3.05) is 0 Å². The molecule has 0 bridgehead atoms. The Labute approximate surface area is 139 Å². The summed E-state index contributed by atoms with van der Waals surface area (Å²) in [6.45, 7) is 6.15. The van der Waals surface area contributed by atoms with E-state index in [-0.39, 0.29) is 5.82 Å². The molecule has 0 aliphatic heterocycles. The summed E-state index contributed by atoms with van der Waals surface area (Å²) in [5.41, 5.74) is 4.63. The molecule has 0 amide bonds. The third-order valence-corrected chi connectivity index (χ3v) is 4.83. The summed E-state index contributed by atoms with van der Waals surface area (Å²) >= 11 is 1.60. The molecule has 0 aliphatic carbocycles. The minimum absolute atomic E-state index is 0.215. The van der Waals surface area contributed by atoms with Gasteiger partial charge in [0.05, 0.1) is 0 Å². The zero-order valence-corrected chi connectivity index (χ0v) is 14.2. The van der Waals surface area contributed by atoms with Crippen molar-refractivity contribution in [2.24, 2.45) is 0 Å². The van der Waals surface area contributed by atoms with Crippen molar-refractivity contribution in [2.45, 2.75) is 31.7 Å². The van der Waals surface area contributed by atoms with Gasteiger partial charge in [0.1, 0.15) is 11.6 Å². The van der Waals surface area contributed by atoms with E-state index in [0.717, 1.165) is 28.0 Å². The van der Waals surface area contributed by atoms with Crippen LogP contribution in [0.15, 0.2) is 47.6 Å². The standard InChI is InChI=1S/C18H18FN3S/c1-12-4-9-17(10-13(12)2)22-14(3)20-21-18(22)23-11-15-5-7-16(19)8-6-15/h4-10H,11H2,1-3H3. The highest BCUT2D eigenvalue weighted by atomic mass is 32.2. The van der Waals surface area contributed by atoms with E-state index >= 15 is 0 Å². The van der Waals surface area contributed by atoms with E-state index in [1.165, 1.54) is 23.3 Å². The first kappa shape index (κ1) is 15.7. The van der Waals surface area contributed by atoms with Gasteiger partial charge in [0, 0.05) is 11.4 Å². The quantitative estimate of drug-likeness (QED) is 0.655. The van der Waals surface area contributed by atoms with Crippen LogP contribution >= 0.6 is 11.8 Å². The summed E-state index contributed by atoms with van der Waals surface area (Å²) in [6, 6.07) is 12.9. The number of rotatable bonds is 4. The second-order valence-corrected chi connectivity index (χ2v) is 6.49. The Hall–Kier alpha value is -2.14. The first-order chi connectivity index (χ1) is 11.0. The highest BCUT2D eigenvalue weighted by Crippen LogP contribution is 2.26. The Bertz CT molecular complexity index is 825. The monoisotopic (exact) mass is 327 g/mol. The van der Waals surface area contributed by atoms with Crippen molar-refractivity contribution in [1.82, 2.24) is 14.8 Å². The maximum Gasteiger partial charge on any atom is 0.196 e. The van der Waals surface area contributed by atoms with Crippen LogP contribution in [0.5, 0.6) is 0 Å². The third-order valence-electron chi connectivity index (χ3n) is 3.83. The van der Waals surface area contributed by atoms with Crippen LogP contribution in [0.1, 0.15) is 22.5 Å². The van der Waals surface area contributed by atoms with E-state index in [2.05, 4.69) is 46.8 Å². The fraction of sp³-hybridized carbons (Fsp3) is 0.222. The van der Waals surface area contributed by atoms with Gasteiger partial charge in [-0.15, -0.1) is 10.2 Å². The average Bonchev–Trinajstić information content (AvgIpc) is 2.90. The predicted molar refractivity (Wildman–Crippen MR) is 91.5 cm³/mol. The average molecular weight is 327 g/mol. The van der Waals surface area contributed by atoms with Crippen molar-refractivity contribution in [1.29, 1.82) is 0 Å². The van der Waals surface area contributed by atoms with Gasteiger partial charge in [-0.2, -0.15) is 0 Å². The number of benzene rings is 2. The summed E-state index contributed by atoms with van der Waals surface area (Å²) < 4.78 is 15.0. The first-order valence-corrected chi connectivity index (χ1v) is 8.40. The van der Waals surface area contributed by atoms with E-state index in [1.807, 2.05) is 6.92 Å². The number of hydrogen-bond donors (Lipinski definition) is 0. The van der Waals surface area contributed by atoms with Crippen LogP contribution in [-0.4, -0.2) is 14.8 Å². The molecule has 3 nitrogen and oxygen atoms in total. The first-order valence-electron chi connectivity index (χ1n) is 7.41. The van der Waals surface area contributed by atoms with Gasteiger partial charge < -0.3 is 0 Å². The van der Waals surface area contributed by atoms with E-state index in [1.54, 1.807) is 23.9 Å². The van der Waals surface area contributed by atoms with E-state index < -0.39 is 0 Å². The van der Waals surface area contributed by atoms with E-state index in [0.29, 0.717) is 0 Å². The molecule has 0 unspecified atom stereocenters. The molecule has 2 aromatic carbocycles. The zero-order valence-electron chi connectivity index (χ0n) is 13.4. The molecular weight excluding hydrogens is 309 g/mol. The number of aryl methyl sites for hydroxylation is 3. The molecule has 3 aromatic rings. The van der Waals surface area contributed by atoms with Crippen LogP contribution < -0.4 is 0 Å². The molecule has 0 radical (unpaired) electrons. The molecule has 0 spiro atoms. The Morgan fingerprint density at radius 1 is 0.957 bits per heavy atom. The van der Waals surface area contributed by atoms with E-state index in [9.17, 15) is 4.39 Å². The Balaban J connectivity index is 1.86. The Morgan fingerprint density at radius 3 is 2.39 bits per heavy atom. The van der Waals surface area contributed by atoms with Crippen molar-refractivity contribution < 1.29 is 4.39 Å². The Morgan fingerprint density at radius 2 is 1.70 bits per heavy atom. The Kier molecular flexibility index (Phi) is 4.48. The van der Waals surface area contributed by atoms with Crippen LogP contribution in [0.4, 0.5) is 4.39 Å². The van der Waals surface area contributed by atoms with Crippen LogP contribution in [0.2, 0.25) is 0 Å². The van der Waals surface area contributed by atoms with Crippen LogP contribution in [0, 0.1) is 26.6 Å². The summed E-state index contributed by atoms with van der Waals surface area (Å²) in [7, 11) is 0. The van der Waals surface area contributed by atoms with Gasteiger partial charge in [-0.25, -0.2) is 4.39 Å². The molecule has 0 aliphatic rings. The zero-order chi connectivity index (χ0) is 16.4. The number of hydrogen-bond acceptors (Lipinski definition) is 3. The lowest BCUT2D eigenvalue weighted by atomic mass is 10.1. The molecule has 0 N–H and O–H groups in total. The second-order valence-electron chi connectivity index (χ2n) is 5.55. The number of thioether (sulfide) groups is 1. The van der Waals surface area contributed by atoms with Crippen LogP contribution in [-0.2, 0) is 5.75 Å². The number of nitrogens with zero attached hydrogens (tertiary/aromatic N) is 3.